The summed E-state index contributed by atoms with van der Waals surface area (Å²) < 4.78 is 30.2. The van der Waals surface area contributed by atoms with Crippen LogP contribution in [0, 0.1) is 5.41 Å². The van der Waals surface area contributed by atoms with Gasteiger partial charge in [0.1, 0.15) is 0 Å². The molecule has 3 rings (SSSR count). The lowest BCUT2D eigenvalue weighted by molar-refractivity contribution is -0.0978. The molecular weight excluding hydrogens is 314 g/mol. The normalized spacial score (nSPS) is 20.9. The van der Waals surface area contributed by atoms with E-state index < -0.39 is 9.84 Å². The quantitative estimate of drug-likeness (QED) is 0.894. The smallest absolute Gasteiger partial charge is 0.251 e. The summed E-state index contributed by atoms with van der Waals surface area (Å²) >= 11 is 0. The largest absolute Gasteiger partial charge is 0.380 e. The van der Waals surface area contributed by atoms with Crippen LogP contribution in [0.15, 0.2) is 29.2 Å². The SMILES string of the molecule is CC1(CNC(=O)c2ccc(S(=O)(=O)C3CCCC3)cc2)COC1. The van der Waals surface area contributed by atoms with Gasteiger partial charge in [-0.2, -0.15) is 0 Å². The molecule has 1 aliphatic carbocycles. The first-order chi connectivity index (χ1) is 10.9. The first-order valence-electron chi connectivity index (χ1n) is 8.11. The highest BCUT2D eigenvalue weighted by Crippen LogP contribution is 2.29. The second-order valence-electron chi connectivity index (χ2n) is 6.96. The molecule has 1 aliphatic heterocycles. The van der Waals surface area contributed by atoms with Gasteiger partial charge in [0.05, 0.1) is 23.4 Å². The summed E-state index contributed by atoms with van der Waals surface area (Å²) in [5.41, 5.74) is 0.501. The topological polar surface area (TPSA) is 72.5 Å². The van der Waals surface area contributed by atoms with Crippen molar-refractivity contribution < 1.29 is 17.9 Å². The molecule has 0 aromatic heterocycles. The minimum Gasteiger partial charge on any atom is -0.380 e. The Morgan fingerprint density at radius 1 is 1.22 bits per heavy atom. The van der Waals surface area contributed by atoms with Gasteiger partial charge in [-0.1, -0.05) is 19.8 Å². The predicted octanol–water partition coefficient (Wildman–Crippen LogP) is 2.17. The van der Waals surface area contributed by atoms with Gasteiger partial charge in [0.2, 0.25) is 0 Å². The zero-order valence-electron chi connectivity index (χ0n) is 13.4. The van der Waals surface area contributed by atoms with Crippen molar-refractivity contribution >= 4 is 15.7 Å². The zero-order valence-corrected chi connectivity index (χ0v) is 14.2. The van der Waals surface area contributed by atoms with Crippen LogP contribution in [0.4, 0.5) is 0 Å². The Bertz CT molecular complexity index is 671. The molecule has 2 fully saturated rings. The average Bonchev–Trinajstić information content (AvgIpc) is 3.06. The van der Waals surface area contributed by atoms with Crippen LogP contribution >= 0.6 is 0 Å². The fraction of sp³-hybridized carbons (Fsp3) is 0.588. The number of rotatable bonds is 5. The molecule has 0 spiro atoms. The Kier molecular flexibility index (Phi) is 4.47. The Labute approximate surface area is 137 Å². The molecule has 2 aliphatic rings. The third-order valence-electron chi connectivity index (χ3n) is 4.76. The number of nitrogens with one attached hydrogen (secondary N) is 1. The van der Waals surface area contributed by atoms with E-state index in [-0.39, 0.29) is 16.6 Å². The van der Waals surface area contributed by atoms with E-state index in [1.807, 2.05) is 0 Å². The van der Waals surface area contributed by atoms with E-state index in [0.29, 0.717) is 30.2 Å². The van der Waals surface area contributed by atoms with Crippen LogP contribution in [-0.4, -0.2) is 39.3 Å². The molecule has 1 amide bonds. The summed E-state index contributed by atoms with van der Waals surface area (Å²) in [5, 5.41) is 2.62. The highest BCUT2D eigenvalue weighted by Gasteiger charge is 2.34. The molecule has 126 valence electrons. The van der Waals surface area contributed by atoms with E-state index in [0.717, 1.165) is 25.7 Å². The lowest BCUT2D eigenvalue weighted by Crippen LogP contribution is -2.48. The maximum atomic E-state index is 12.5. The lowest BCUT2D eigenvalue weighted by Gasteiger charge is -2.38. The van der Waals surface area contributed by atoms with Gasteiger partial charge in [0.15, 0.2) is 9.84 Å². The third-order valence-corrected chi connectivity index (χ3v) is 7.04. The second-order valence-corrected chi connectivity index (χ2v) is 9.19. The summed E-state index contributed by atoms with van der Waals surface area (Å²) in [6, 6.07) is 6.29. The van der Waals surface area contributed by atoms with Gasteiger partial charge in [-0.05, 0) is 37.1 Å². The number of amides is 1. The number of hydrogen-bond acceptors (Lipinski definition) is 4. The van der Waals surface area contributed by atoms with Crippen LogP contribution in [0.5, 0.6) is 0 Å². The second kappa shape index (κ2) is 6.24. The summed E-state index contributed by atoms with van der Waals surface area (Å²) in [7, 11) is -3.26. The maximum Gasteiger partial charge on any atom is 0.251 e. The Morgan fingerprint density at radius 2 is 1.83 bits per heavy atom. The number of carbonyl (C=O) groups excluding carboxylic acids is 1. The summed E-state index contributed by atoms with van der Waals surface area (Å²) in [6.45, 7) is 3.94. The molecule has 23 heavy (non-hydrogen) atoms. The van der Waals surface area contributed by atoms with Gasteiger partial charge in [-0.3, -0.25) is 4.79 Å². The zero-order chi connectivity index (χ0) is 16.5. The number of sulfone groups is 1. The number of carbonyl (C=O) groups is 1. The van der Waals surface area contributed by atoms with Crippen molar-refractivity contribution in [2.24, 2.45) is 5.41 Å². The molecule has 1 saturated carbocycles. The summed E-state index contributed by atoms with van der Waals surface area (Å²) in [5.74, 6) is -0.178. The van der Waals surface area contributed by atoms with Crippen molar-refractivity contribution in [3.8, 4) is 0 Å². The van der Waals surface area contributed by atoms with Gasteiger partial charge in [0, 0.05) is 17.5 Å². The van der Waals surface area contributed by atoms with Gasteiger partial charge in [0.25, 0.3) is 5.91 Å². The monoisotopic (exact) mass is 337 g/mol. The van der Waals surface area contributed by atoms with Crippen molar-refractivity contribution in [1.29, 1.82) is 0 Å². The van der Waals surface area contributed by atoms with E-state index in [2.05, 4.69) is 12.2 Å². The van der Waals surface area contributed by atoms with Crippen LogP contribution in [-0.2, 0) is 14.6 Å². The van der Waals surface area contributed by atoms with Crippen LogP contribution in [0.3, 0.4) is 0 Å². The number of ether oxygens (including phenoxy) is 1. The molecular formula is C17H23NO4S. The molecule has 0 bridgehead atoms. The minimum absolute atomic E-state index is 0.0153. The molecule has 0 radical (unpaired) electrons. The molecule has 0 unspecified atom stereocenters. The van der Waals surface area contributed by atoms with Crippen LogP contribution in [0.1, 0.15) is 43.0 Å². The molecule has 6 heteroatoms. The molecule has 1 aromatic carbocycles. The van der Waals surface area contributed by atoms with Gasteiger partial charge in [-0.25, -0.2) is 8.42 Å². The molecule has 1 heterocycles. The number of benzene rings is 1. The van der Waals surface area contributed by atoms with E-state index in [1.165, 1.54) is 0 Å². The van der Waals surface area contributed by atoms with Gasteiger partial charge < -0.3 is 10.1 Å². The van der Waals surface area contributed by atoms with Gasteiger partial charge >= 0.3 is 0 Å². The van der Waals surface area contributed by atoms with Crippen molar-refractivity contribution in [2.75, 3.05) is 19.8 Å². The van der Waals surface area contributed by atoms with E-state index in [1.54, 1.807) is 24.3 Å². The molecule has 0 atom stereocenters. The highest BCUT2D eigenvalue weighted by atomic mass is 32.2. The van der Waals surface area contributed by atoms with Crippen LogP contribution in [0.25, 0.3) is 0 Å². The molecule has 1 aromatic rings. The Hall–Kier alpha value is -1.40. The molecule has 1 N–H and O–H groups in total. The standard InChI is InChI=1S/C17H23NO4S/c1-17(11-22-12-17)10-18-16(19)13-6-8-15(9-7-13)23(20,21)14-4-2-3-5-14/h6-9,14H,2-5,10-12H2,1H3,(H,18,19). The summed E-state index contributed by atoms with van der Waals surface area (Å²) in [6.07, 6.45) is 3.44. The maximum absolute atomic E-state index is 12.5. The van der Waals surface area contributed by atoms with Crippen molar-refractivity contribution in [3.05, 3.63) is 29.8 Å². The minimum atomic E-state index is -3.26. The first kappa shape index (κ1) is 16.5. The van der Waals surface area contributed by atoms with Crippen molar-refractivity contribution in [3.63, 3.8) is 0 Å². The fourth-order valence-corrected chi connectivity index (χ4v) is 4.99. The van der Waals surface area contributed by atoms with Gasteiger partial charge in [-0.15, -0.1) is 0 Å². The molecule has 1 saturated heterocycles. The van der Waals surface area contributed by atoms with E-state index in [4.69, 9.17) is 4.74 Å². The van der Waals surface area contributed by atoms with E-state index >= 15 is 0 Å². The van der Waals surface area contributed by atoms with Crippen molar-refractivity contribution in [1.82, 2.24) is 5.32 Å². The highest BCUT2D eigenvalue weighted by molar-refractivity contribution is 7.92. The summed E-state index contributed by atoms with van der Waals surface area (Å²) in [4.78, 5) is 12.5. The first-order valence-corrected chi connectivity index (χ1v) is 9.65. The van der Waals surface area contributed by atoms with Crippen LogP contribution < -0.4 is 5.32 Å². The van der Waals surface area contributed by atoms with Crippen molar-refractivity contribution in [2.45, 2.75) is 42.8 Å². The lowest BCUT2D eigenvalue weighted by atomic mass is 9.89. The Morgan fingerprint density at radius 3 is 2.35 bits per heavy atom. The Balaban J connectivity index is 1.65. The number of hydrogen-bond donors (Lipinski definition) is 1. The van der Waals surface area contributed by atoms with E-state index in [9.17, 15) is 13.2 Å². The van der Waals surface area contributed by atoms with Crippen LogP contribution in [0.2, 0.25) is 0 Å². The average molecular weight is 337 g/mol. The fourth-order valence-electron chi connectivity index (χ4n) is 3.14. The predicted molar refractivity (Wildman–Crippen MR) is 87.1 cm³/mol. The molecule has 5 nitrogen and oxygen atoms in total. The third kappa shape index (κ3) is 3.43.